The van der Waals surface area contributed by atoms with Crippen LogP contribution in [0.2, 0.25) is 0 Å². The Bertz CT molecular complexity index is 802. The lowest BCUT2D eigenvalue weighted by atomic mass is 9.84. The summed E-state index contributed by atoms with van der Waals surface area (Å²) in [6.07, 6.45) is 2.96. The first-order valence-corrected chi connectivity index (χ1v) is 10.0. The zero-order valence-corrected chi connectivity index (χ0v) is 17.3. The van der Waals surface area contributed by atoms with Gasteiger partial charge in [0.15, 0.2) is 11.5 Å². The molecule has 1 aliphatic heterocycles. The minimum atomic E-state index is -0.605. The average Bonchev–Trinajstić information content (AvgIpc) is 2.71. The standard InChI is InChI=1S/C20H27N3O7/c1-28-10-11-30-18-13-16(23(26)27)15(12-17(18)29-2)20(25)22-8-6-21(7-9-22)19(24)14-4-3-5-14/h12-14H,3-11H2,1-2H3. The highest BCUT2D eigenvalue weighted by Gasteiger charge is 2.34. The molecule has 2 amide bonds. The molecule has 1 aromatic rings. The van der Waals surface area contributed by atoms with Crippen LogP contribution in [0.3, 0.4) is 0 Å². The summed E-state index contributed by atoms with van der Waals surface area (Å²) in [5, 5.41) is 11.6. The molecular formula is C20H27N3O7. The minimum Gasteiger partial charge on any atom is -0.493 e. The Labute approximate surface area is 174 Å². The van der Waals surface area contributed by atoms with Gasteiger partial charge in [0, 0.05) is 45.3 Å². The van der Waals surface area contributed by atoms with Crippen LogP contribution in [-0.4, -0.2) is 80.1 Å². The molecule has 0 atom stereocenters. The summed E-state index contributed by atoms with van der Waals surface area (Å²) in [5.74, 6) is 0.216. The molecule has 0 radical (unpaired) electrons. The van der Waals surface area contributed by atoms with Gasteiger partial charge in [-0.1, -0.05) is 6.42 Å². The largest absolute Gasteiger partial charge is 0.493 e. The summed E-state index contributed by atoms with van der Waals surface area (Å²) in [4.78, 5) is 39.8. The molecule has 0 spiro atoms. The summed E-state index contributed by atoms with van der Waals surface area (Å²) in [6, 6.07) is 2.55. The minimum absolute atomic E-state index is 0.0605. The number of ether oxygens (including phenoxy) is 3. The molecule has 30 heavy (non-hydrogen) atoms. The van der Waals surface area contributed by atoms with E-state index in [2.05, 4.69) is 0 Å². The topological polar surface area (TPSA) is 111 Å². The second kappa shape index (κ2) is 9.75. The van der Waals surface area contributed by atoms with E-state index in [4.69, 9.17) is 14.2 Å². The lowest BCUT2D eigenvalue weighted by Gasteiger charge is -2.38. The van der Waals surface area contributed by atoms with Gasteiger partial charge in [-0.25, -0.2) is 0 Å². The van der Waals surface area contributed by atoms with Crippen molar-refractivity contribution in [2.75, 3.05) is 53.6 Å². The van der Waals surface area contributed by atoms with E-state index in [0.29, 0.717) is 32.8 Å². The van der Waals surface area contributed by atoms with E-state index >= 15 is 0 Å². The predicted octanol–water partition coefficient (Wildman–Crippen LogP) is 1.71. The van der Waals surface area contributed by atoms with Crippen LogP contribution in [0.4, 0.5) is 5.69 Å². The summed E-state index contributed by atoms with van der Waals surface area (Å²) < 4.78 is 15.7. The van der Waals surface area contributed by atoms with Crippen molar-refractivity contribution in [3.05, 3.63) is 27.8 Å². The van der Waals surface area contributed by atoms with Crippen molar-refractivity contribution in [1.29, 1.82) is 0 Å². The number of hydrogen-bond acceptors (Lipinski definition) is 7. The lowest BCUT2D eigenvalue weighted by Crippen LogP contribution is -2.52. The fraction of sp³-hybridized carbons (Fsp3) is 0.600. The van der Waals surface area contributed by atoms with E-state index in [1.165, 1.54) is 31.3 Å². The van der Waals surface area contributed by atoms with Crippen LogP contribution >= 0.6 is 0 Å². The number of methoxy groups -OCH3 is 2. The fourth-order valence-electron chi connectivity index (χ4n) is 3.59. The van der Waals surface area contributed by atoms with Crippen molar-refractivity contribution >= 4 is 17.5 Å². The Hall–Kier alpha value is -2.88. The number of nitro benzene ring substituents is 1. The molecule has 1 saturated heterocycles. The number of nitrogens with zero attached hydrogens (tertiary/aromatic N) is 3. The zero-order valence-electron chi connectivity index (χ0n) is 17.3. The van der Waals surface area contributed by atoms with Crippen molar-refractivity contribution in [3.63, 3.8) is 0 Å². The molecule has 1 heterocycles. The third-order valence-corrected chi connectivity index (χ3v) is 5.59. The summed E-state index contributed by atoms with van der Waals surface area (Å²) in [5.41, 5.74) is -0.407. The van der Waals surface area contributed by atoms with Crippen LogP contribution in [0.15, 0.2) is 12.1 Å². The monoisotopic (exact) mass is 421 g/mol. The molecule has 1 aromatic carbocycles. The van der Waals surface area contributed by atoms with E-state index in [9.17, 15) is 19.7 Å². The van der Waals surface area contributed by atoms with Crippen LogP contribution in [-0.2, 0) is 9.53 Å². The number of amides is 2. The normalized spacial score (nSPS) is 16.7. The van der Waals surface area contributed by atoms with E-state index in [0.717, 1.165) is 19.3 Å². The van der Waals surface area contributed by atoms with Gasteiger partial charge in [0.2, 0.25) is 5.91 Å². The van der Waals surface area contributed by atoms with Gasteiger partial charge < -0.3 is 24.0 Å². The smallest absolute Gasteiger partial charge is 0.286 e. The second-order valence-corrected chi connectivity index (χ2v) is 7.36. The maximum Gasteiger partial charge on any atom is 0.286 e. The number of carbonyl (C=O) groups excluding carboxylic acids is 2. The maximum absolute atomic E-state index is 13.0. The van der Waals surface area contributed by atoms with Gasteiger partial charge >= 0.3 is 0 Å². The van der Waals surface area contributed by atoms with Gasteiger partial charge in [-0.3, -0.25) is 19.7 Å². The van der Waals surface area contributed by atoms with Crippen molar-refractivity contribution in [2.45, 2.75) is 19.3 Å². The van der Waals surface area contributed by atoms with E-state index in [1.54, 1.807) is 4.90 Å². The van der Waals surface area contributed by atoms with Crippen LogP contribution in [0.25, 0.3) is 0 Å². The summed E-state index contributed by atoms with van der Waals surface area (Å²) in [6.45, 7) is 2.04. The highest BCUT2D eigenvalue weighted by atomic mass is 16.6. The molecule has 0 unspecified atom stereocenters. The molecule has 10 nitrogen and oxygen atoms in total. The third kappa shape index (κ3) is 4.64. The summed E-state index contributed by atoms with van der Waals surface area (Å²) in [7, 11) is 2.92. The Balaban J connectivity index is 1.74. The second-order valence-electron chi connectivity index (χ2n) is 7.36. The van der Waals surface area contributed by atoms with Crippen molar-refractivity contribution in [3.8, 4) is 11.5 Å². The van der Waals surface area contributed by atoms with Crippen molar-refractivity contribution in [1.82, 2.24) is 9.80 Å². The molecule has 0 bridgehead atoms. The number of nitro groups is 1. The maximum atomic E-state index is 13.0. The molecule has 0 N–H and O–H groups in total. The van der Waals surface area contributed by atoms with Crippen molar-refractivity contribution in [2.24, 2.45) is 5.92 Å². The van der Waals surface area contributed by atoms with Crippen molar-refractivity contribution < 1.29 is 28.7 Å². The number of piperazine rings is 1. The quantitative estimate of drug-likeness (QED) is 0.357. The molecule has 0 aromatic heterocycles. The van der Waals surface area contributed by atoms with Crippen LogP contribution in [0.5, 0.6) is 11.5 Å². The first kappa shape index (κ1) is 21.8. The molecule has 1 aliphatic carbocycles. The first-order valence-electron chi connectivity index (χ1n) is 10.0. The molecule has 10 heteroatoms. The van der Waals surface area contributed by atoms with Crippen LogP contribution in [0, 0.1) is 16.0 Å². The van der Waals surface area contributed by atoms with E-state index in [1.807, 2.05) is 0 Å². The number of benzene rings is 1. The number of carbonyl (C=O) groups is 2. The summed E-state index contributed by atoms with van der Waals surface area (Å²) >= 11 is 0. The highest BCUT2D eigenvalue weighted by Crippen LogP contribution is 2.35. The van der Waals surface area contributed by atoms with Gasteiger partial charge in [0.05, 0.1) is 24.7 Å². The van der Waals surface area contributed by atoms with Gasteiger partial charge in [-0.05, 0) is 12.8 Å². The highest BCUT2D eigenvalue weighted by molar-refractivity contribution is 5.99. The van der Waals surface area contributed by atoms with E-state index < -0.39 is 10.8 Å². The van der Waals surface area contributed by atoms with Crippen LogP contribution < -0.4 is 9.47 Å². The SMILES string of the molecule is COCCOc1cc([N+](=O)[O-])c(C(=O)N2CCN(C(=O)C3CCC3)CC2)cc1OC. The Morgan fingerprint density at radius 3 is 2.27 bits per heavy atom. The lowest BCUT2D eigenvalue weighted by molar-refractivity contribution is -0.385. The van der Waals surface area contributed by atoms with Gasteiger partial charge in [-0.2, -0.15) is 0 Å². The Morgan fingerprint density at radius 2 is 1.73 bits per heavy atom. The van der Waals surface area contributed by atoms with E-state index in [-0.39, 0.29) is 41.2 Å². The number of rotatable bonds is 8. The first-order chi connectivity index (χ1) is 14.5. The van der Waals surface area contributed by atoms with Gasteiger partial charge in [-0.15, -0.1) is 0 Å². The van der Waals surface area contributed by atoms with Gasteiger partial charge in [0.25, 0.3) is 11.6 Å². The molecule has 3 rings (SSSR count). The Morgan fingerprint density at radius 1 is 1.07 bits per heavy atom. The van der Waals surface area contributed by atoms with Crippen LogP contribution in [0.1, 0.15) is 29.6 Å². The molecule has 2 aliphatic rings. The number of hydrogen-bond donors (Lipinski definition) is 0. The molecule has 1 saturated carbocycles. The molecule has 164 valence electrons. The Kier molecular flexibility index (Phi) is 7.09. The molecular weight excluding hydrogens is 394 g/mol. The zero-order chi connectivity index (χ0) is 21.7. The van der Waals surface area contributed by atoms with Gasteiger partial charge in [0.1, 0.15) is 12.2 Å². The predicted molar refractivity (Wildman–Crippen MR) is 107 cm³/mol. The fourth-order valence-corrected chi connectivity index (χ4v) is 3.59. The third-order valence-electron chi connectivity index (χ3n) is 5.59. The average molecular weight is 421 g/mol. The molecule has 2 fully saturated rings.